The summed E-state index contributed by atoms with van der Waals surface area (Å²) in [7, 11) is 0.624. The van der Waals surface area contributed by atoms with E-state index in [1.807, 2.05) is 35.2 Å². The smallest absolute Gasteiger partial charge is 0.311 e. The maximum atomic E-state index is 12.7. The van der Waals surface area contributed by atoms with Crippen LogP contribution in [0.25, 0.3) is 0 Å². The number of ether oxygens (including phenoxy) is 1. The number of hydrogen-bond acceptors (Lipinski definition) is 7. The topological polar surface area (TPSA) is 100 Å². The van der Waals surface area contributed by atoms with Crippen LogP contribution in [-0.2, 0) is 20.0 Å². The molecule has 1 aromatic carbocycles. The Balaban J connectivity index is 2.33. The monoisotopic (exact) mass is 398 g/mol. The van der Waals surface area contributed by atoms with Crippen LogP contribution in [0.3, 0.4) is 0 Å². The number of hydrogen-bond donors (Lipinski definition) is 2. The maximum absolute atomic E-state index is 12.7. The summed E-state index contributed by atoms with van der Waals surface area (Å²) in [6.07, 6.45) is 0.630. The van der Waals surface area contributed by atoms with E-state index in [1.165, 1.54) is 0 Å². The lowest BCUT2D eigenvalue weighted by molar-refractivity contribution is -0.125. The largest absolute Gasteiger partial charge is 0.380 e. The van der Waals surface area contributed by atoms with Gasteiger partial charge in [0.25, 0.3) is 0 Å². The molecule has 0 saturated carbocycles. The number of nitrogens with one attached hydrogen (secondary N) is 2. The molecule has 1 aliphatic heterocycles. The first-order chi connectivity index (χ1) is 12.5. The first-order valence-electron chi connectivity index (χ1n) is 8.09. The highest BCUT2D eigenvalue weighted by Gasteiger charge is 2.40. The summed E-state index contributed by atoms with van der Waals surface area (Å²) >= 11 is 4.99. The second-order valence-electron chi connectivity index (χ2n) is 5.83. The molecule has 1 aliphatic rings. The van der Waals surface area contributed by atoms with Gasteiger partial charge in [0.15, 0.2) is 5.11 Å². The van der Waals surface area contributed by atoms with Crippen LogP contribution in [-0.4, -0.2) is 63.7 Å². The lowest BCUT2D eigenvalue weighted by atomic mass is 10.0. The Morgan fingerprint density at radius 2 is 2.12 bits per heavy atom. The zero-order valence-electron chi connectivity index (χ0n) is 14.6. The van der Waals surface area contributed by atoms with Crippen LogP contribution >= 0.6 is 12.2 Å². The molecule has 1 saturated heterocycles. The van der Waals surface area contributed by atoms with Gasteiger partial charge in [-0.25, -0.2) is 0 Å². The molecule has 10 heteroatoms. The Labute approximate surface area is 159 Å². The Hall–Kier alpha value is -1.88. The van der Waals surface area contributed by atoms with Crippen molar-refractivity contribution in [3.05, 3.63) is 35.9 Å². The number of methoxy groups -OCH3 is 1. The number of likely N-dealkylation sites (tertiary alicyclic amines) is 1. The van der Waals surface area contributed by atoms with Crippen molar-refractivity contribution in [1.82, 2.24) is 15.5 Å². The molecule has 142 valence electrons. The third-order valence-electron chi connectivity index (χ3n) is 4.34. The van der Waals surface area contributed by atoms with Gasteiger partial charge in [-0.05, 0) is 24.2 Å². The summed E-state index contributed by atoms with van der Waals surface area (Å²) in [4.78, 5) is 14.6. The average Bonchev–Trinajstić information content (AvgIpc) is 3.06. The van der Waals surface area contributed by atoms with Crippen LogP contribution < -0.4 is 10.6 Å². The van der Waals surface area contributed by atoms with Gasteiger partial charge < -0.3 is 15.4 Å². The molecule has 0 spiro atoms. The zero-order chi connectivity index (χ0) is 19.1. The Morgan fingerprint density at radius 3 is 2.69 bits per heavy atom. The van der Waals surface area contributed by atoms with E-state index in [0.29, 0.717) is 13.0 Å². The van der Waals surface area contributed by atoms with Gasteiger partial charge in [-0.1, -0.05) is 30.3 Å². The third kappa shape index (κ3) is 5.31. The molecule has 0 radical (unpaired) electrons. The molecule has 2 rings (SSSR count). The van der Waals surface area contributed by atoms with E-state index in [2.05, 4.69) is 15.0 Å². The molecule has 1 heterocycles. The normalized spacial score (nSPS) is 21.0. The lowest BCUT2D eigenvalue weighted by Crippen LogP contribution is -2.52. The number of carbonyl (C=O) groups excluding carboxylic acids is 1. The molecule has 1 amide bonds. The molecular weight excluding hydrogens is 376 g/mol. The maximum Gasteiger partial charge on any atom is 0.311 e. The molecule has 1 fully saturated rings. The van der Waals surface area contributed by atoms with Crippen molar-refractivity contribution < 1.29 is 17.9 Å². The van der Waals surface area contributed by atoms with Gasteiger partial charge in [0.2, 0.25) is 5.91 Å². The van der Waals surface area contributed by atoms with E-state index in [0.717, 1.165) is 5.56 Å². The first kappa shape index (κ1) is 20.4. The summed E-state index contributed by atoms with van der Waals surface area (Å²) in [6.45, 7) is 0.301. The Kier molecular flexibility index (Phi) is 7.64. The van der Waals surface area contributed by atoms with E-state index in [4.69, 9.17) is 17.0 Å². The Bertz CT molecular complexity index is 762. The van der Waals surface area contributed by atoms with Crippen molar-refractivity contribution in [2.75, 3.05) is 27.2 Å². The van der Waals surface area contributed by atoms with Gasteiger partial charge in [0, 0.05) is 26.7 Å². The van der Waals surface area contributed by atoms with Crippen LogP contribution in [0.5, 0.6) is 0 Å². The average molecular weight is 399 g/mol. The van der Waals surface area contributed by atoms with Crippen LogP contribution in [0.1, 0.15) is 18.0 Å². The minimum atomic E-state index is -2.59. The van der Waals surface area contributed by atoms with Crippen LogP contribution in [0.4, 0.5) is 0 Å². The number of thiocarbonyl (C=S) groups is 1. The zero-order valence-corrected chi connectivity index (χ0v) is 16.2. The van der Waals surface area contributed by atoms with E-state index < -0.39 is 22.4 Å². The third-order valence-corrected chi connectivity index (χ3v) is 5.00. The van der Waals surface area contributed by atoms with Gasteiger partial charge in [0.1, 0.15) is 6.04 Å². The highest BCUT2D eigenvalue weighted by Crippen LogP contribution is 2.35. The second-order valence-corrected chi connectivity index (χ2v) is 6.93. The van der Waals surface area contributed by atoms with E-state index in [9.17, 15) is 13.2 Å². The predicted octanol–water partition coefficient (Wildman–Crippen LogP) is 0.500. The molecule has 0 aromatic heterocycles. The van der Waals surface area contributed by atoms with Gasteiger partial charge in [-0.2, -0.15) is 12.8 Å². The summed E-state index contributed by atoms with van der Waals surface area (Å²) in [5.74, 6) is -0.406. The molecule has 0 bridgehead atoms. The van der Waals surface area contributed by atoms with Crippen LogP contribution in [0.2, 0.25) is 0 Å². The van der Waals surface area contributed by atoms with Crippen LogP contribution in [0, 0.1) is 0 Å². The quantitative estimate of drug-likeness (QED) is 0.673. The van der Waals surface area contributed by atoms with Gasteiger partial charge in [-0.3, -0.25) is 9.69 Å². The van der Waals surface area contributed by atoms with Gasteiger partial charge >= 0.3 is 10.5 Å². The lowest BCUT2D eigenvalue weighted by Gasteiger charge is -2.31. The second kappa shape index (κ2) is 9.72. The summed E-state index contributed by atoms with van der Waals surface area (Å²) in [6, 6.07) is 8.85. The SMILES string of the molecule is CNC(=S)NC(=O)C(CN=S(=O)=O)N1CC(OC)CC1c1ccccc1. The molecule has 1 aromatic rings. The number of amides is 1. The van der Waals surface area contributed by atoms with Crippen molar-refractivity contribution >= 4 is 33.7 Å². The number of benzene rings is 1. The molecule has 3 unspecified atom stereocenters. The number of carbonyl (C=O) groups is 1. The highest BCUT2D eigenvalue weighted by molar-refractivity contribution is 7.80. The minimum absolute atomic E-state index is 0.0653. The summed E-state index contributed by atoms with van der Waals surface area (Å²) in [5.41, 5.74) is 1.03. The number of nitrogens with zero attached hydrogens (tertiary/aromatic N) is 2. The van der Waals surface area contributed by atoms with Crippen molar-refractivity contribution in [2.45, 2.75) is 24.6 Å². The van der Waals surface area contributed by atoms with Crippen LogP contribution in [0.15, 0.2) is 34.7 Å². The molecule has 0 aliphatic carbocycles. The van der Waals surface area contributed by atoms with Crippen molar-refractivity contribution in [2.24, 2.45) is 4.36 Å². The van der Waals surface area contributed by atoms with Gasteiger partial charge in [-0.15, -0.1) is 0 Å². The van der Waals surface area contributed by atoms with Crippen molar-refractivity contribution in [3.8, 4) is 0 Å². The highest BCUT2D eigenvalue weighted by atomic mass is 32.2. The van der Waals surface area contributed by atoms with E-state index in [-0.39, 0.29) is 23.8 Å². The van der Waals surface area contributed by atoms with Crippen molar-refractivity contribution in [3.63, 3.8) is 0 Å². The fraction of sp³-hybridized carbons (Fsp3) is 0.500. The molecule has 26 heavy (non-hydrogen) atoms. The standard InChI is InChI=1S/C16H22N4O4S2/c1-17-16(25)19-15(21)14(9-18-26(22)23)20-10-12(24-2)8-13(20)11-6-4-3-5-7-11/h3-7,12-14H,8-10H2,1-2H3,(H2,17,19,21,25). The fourth-order valence-corrected chi connectivity index (χ4v) is 3.43. The number of rotatable bonds is 6. The fourth-order valence-electron chi connectivity index (χ4n) is 3.07. The summed E-state index contributed by atoms with van der Waals surface area (Å²) in [5, 5.41) is 5.41. The molecule has 8 nitrogen and oxygen atoms in total. The predicted molar refractivity (Wildman–Crippen MR) is 101 cm³/mol. The Morgan fingerprint density at radius 1 is 1.42 bits per heavy atom. The molecular formula is C16H22N4O4S2. The molecule has 3 atom stereocenters. The van der Waals surface area contributed by atoms with Crippen molar-refractivity contribution in [1.29, 1.82) is 0 Å². The van der Waals surface area contributed by atoms with E-state index >= 15 is 0 Å². The van der Waals surface area contributed by atoms with E-state index in [1.54, 1.807) is 14.2 Å². The minimum Gasteiger partial charge on any atom is -0.380 e. The first-order valence-corrected chi connectivity index (χ1v) is 9.53. The summed E-state index contributed by atoms with van der Waals surface area (Å²) < 4.78 is 30.8. The molecule has 2 N–H and O–H groups in total. The van der Waals surface area contributed by atoms with Gasteiger partial charge in [0.05, 0.1) is 12.6 Å².